The highest BCUT2D eigenvalue weighted by molar-refractivity contribution is 8.93. The third kappa shape index (κ3) is 22.7. The molecule has 0 aromatic rings. The van der Waals surface area contributed by atoms with Crippen molar-refractivity contribution < 1.29 is 0 Å². The molecule has 0 rings (SSSR count). The van der Waals surface area contributed by atoms with E-state index in [1.807, 2.05) is 0 Å². The molecule has 0 spiro atoms. The van der Waals surface area contributed by atoms with Gasteiger partial charge in [-0.15, -0.1) is 17.0 Å². The first-order valence-electron chi connectivity index (χ1n) is 9.81. The topological polar surface area (TPSA) is 12.0 Å². The Hall–Kier alpha value is 0.440. The average Bonchev–Trinajstić information content (AvgIpc) is 2.42. The summed E-state index contributed by atoms with van der Waals surface area (Å²) in [6.07, 6.45) is 20.2. The predicted octanol–water partition coefficient (Wildman–Crippen LogP) is 7.43. The van der Waals surface area contributed by atoms with E-state index in [0.717, 1.165) is 0 Å². The van der Waals surface area contributed by atoms with Crippen molar-refractivity contribution in [3.8, 4) is 0 Å². The SMILES string of the molecule is Br.CCCCCCCCCCCCCCCCNC(C)(C)C. The molecule has 0 fully saturated rings. The minimum Gasteiger partial charge on any atom is -0.312 e. The smallest absolute Gasteiger partial charge is 0.00965 e. The highest BCUT2D eigenvalue weighted by Crippen LogP contribution is 2.12. The average molecular weight is 378 g/mol. The lowest BCUT2D eigenvalue weighted by molar-refractivity contribution is 0.415. The summed E-state index contributed by atoms with van der Waals surface area (Å²) < 4.78 is 0. The predicted molar refractivity (Wildman–Crippen MR) is 108 cm³/mol. The second-order valence-corrected chi connectivity index (χ2v) is 7.77. The molecule has 2 heteroatoms. The van der Waals surface area contributed by atoms with Crippen molar-refractivity contribution >= 4 is 17.0 Å². The van der Waals surface area contributed by atoms with E-state index >= 15 is 0 Å². The molecule has 0 aromatic heterocycles. The van der Waals surface area contributed by atoms with Crippen molar-refractivity contribution in [1.29, 1.82) is 0 Å². The number of unbranched alkanes of at least 4 members (excludes halogenated alkanes) is 13. The Labute approximate surface area is 152 Å². The minimum atomic E-state index is 0. The Morgan fingerprint density at radius 3 is 1.18 bits per heavy atom. The fourth-order valence-electron chi connectivity index (χ4n) is 2.78. The normalized spacial score (nSPS) is 11.5. The van der Waals surface area contributed by atoms with Gasteiger partial charge in [-0.05, 0) is 33.7 Å². The van der Waals surface area contributed by atoms with Gasteiger partial charge in [0, 0.05) is 5.54 Å². The van der Waals surface area contributed by atoms with Gasteiger partial charge in [-0.3, -0.25) is 0 Å². The molecule has 0 bridgehead atoms. The number of halogens is 1. The van der Waals surface area contributed by atoms with Crippen LogP contribution < -0.4 is 5.32 Å². The summed E-state index contributed by atoms with van der Waals surface area (Å²) in [5.74, 6) is 0. The molecule has 0 aliphatic carbocycles. The second kappa shape index (κ2) is 17.8. The molecule has 0 heterocycles. The zero-order valence-corrected chi connectivity index (χ0v) is 17.7. The maximum Gasteiger partial charge on any atom is 0.00965 e. The molecule has 22 heavy (non-hydrogen) atoms. The van der Waals surface area contributed by atoms with Gasteiger partial charge in [-0.25, -0.2) is 0 Å². The van der Waals surface area contributed by atoms with Crippen molar-refractivity contribution in [1.82, 2.24) is 5.32 Å². The van der Waals surface area contributed by atoms with Crippen molar-refractivity contribution in [2.75, 3.05) is 6.54 Å². The molecule has 0 saturated carbocycles. The summed E-state index contributed by atoms with van der Waals surface area (Å²) in [6.45, 7) is 10.2. The molecule has 1 N–H and O–H groups in total. The molecule has 0 radical (unpaired) electrons. The van der Waals surface area contributed by atoms with Gasteiger partial charge in [0.25, 0.3) is 0 Å². The molecule has 0 unspecified atom stereocenters. The fourth-order valence-corrected chi connectivity index (χ4v) is 2.78. The van der Waals surface area contributed by atoms with E-state index in [1.54, 1.807) is 0 Å². The maximum absolute atomic E-state index is 3.57. The monoisotopic (exact) mass is 377 g/mol. The largest absolute Gasteiger partial charge is 0.312 e. The van der Waals surface area contributed by atoms with Crippen LogP contribution in [0.2, 0.25) is 0 Å². The van der Waals surface area contributed by atoms with Gasteiger partial charge in [-0.2, -0.15) is 0 Å². The Bertz CT molecular complexity index is 198. The van der Waals surface area contributed by atoms with Crippen LogP contribution in [0.25, 0.3) is 0 Å². The van der Waals surface area contributed by atoms with E-state index in [9.17, 15) is 0 Å². The molecular weight excluding hydrogens is 334 g/mol. The van der Waals surface area contributed by atoms with Crippen molar-refractivity contribution in [3.05, 3.63) is 0 Å². The lowest BCUT2D eigenvalue weighted by atomic mass is 10.0. The summed E-state index contributed by atoms with van der Waals surface area (Å²) in [4.78, 5) is 0. The first-order valence-corrected chi connectivity index (χ1v) is 9.81. The molecule has 0 saturated heterocycles. The van der Waals surface area contributed by atoms with Crippen LogP contribution in [0.15, 0.2) is 0 Å². The van der Waals surface area contributed by atoms with Crippen LogP contribution >= 0.6 is 17.0 Å². The van der Waals surface area contributed by atoms with Crippen LogP contribution in [0.1, 0.15) is 118 Å². The molecule has 0 aliphatic rings. The van der Waals surface area contributed by atoms with Gasteiger partial charge in [0.15, 0.2) is 0 Å². The van der Waals surface area contributed by atoms with Gasteiger partial charge >= 0.3 is 0 Å². The number of hydrogen-bond acceptors (Lipinski definition) is 1. The van der Waals surface area contributed by atoms with E-state index in [-0.39, 0.29) is 22.5 Å². The highest BCUT2D eigenvalue weighted by Gasteiger charge is 2.06. The zero-order chi connectivity index (χ0) is 15.8. The summed E-state index contributed by atoms with van der Waals surface area (Å²) in [6, 6.07) is 0. The van der Waals surface area contributed by atoms with Gasteiger partial charge < -0.3 is 5.32 Å². The summed E-state index contributed by atoms with van der Waals surface area (Å²) in [5, 5.41) is 3.57. The Morgan fingerprint density at radius 2 is 0.864 bits per heavy atom. The number of hydrogen-bond donors (Lipinski definition) is 1. The van der Waals surface area contributed by atoms with Crippen molar-refractivity contribution in [2.24, 2.45) is 0 Å². The molecule has 0 amide bonds. The summed E-state index contributed by atoms with van der Waals surface area (Å²) >= 11 is 0. The fraction of sp³-hybridized carbons (Fsp3) is 1.00. The lowest BCUT2D eigenvalue weighted by Gasteiger charge is -2.20. The summed E-state index contributed by atoms with van der Waals surface area (Å²) in [5.41, 5.74) is 0.288. The Balaban J connectivity index is 0. The lowest BCUT2D eigenvalue weighted by Crippen LogP contribution is -2.36. The highest BCUT2D eigenvalue weighted by atomic mass is 79.9. The molecule has 0 aliphatic heterocycles. The van der Waals surface area contributed by atoms with Gasteiger partial charge in [-0.1, -0.05) is 90.4 Å². The van der Waals surface area contributed by atoms with Gasteiger partial charge in [0.05, 0.1) is 0 Å². The zero-order valence-electron chi connectivity index (χ0n) is 16.0. The maximum atomic E-state index is 3.57. The van der Waals surface area contributed by atoms with Crippen LogP contribution in [0, 0.1) is 0 Å². The molecule has 0 aromatic carbocycles. The number of nitrogens with one attached hydrogen (secondary N) is 1. The van der Waals surface area contributed by atoms with E-state index in [4.69, 9.17) is 0 Å². The van der Waals surface area contributed by atoms with Crippen molar-refractivity contribution in [2.45, 2.75) is 123 Å². The standard InChI is InChI=1S/C20H43N.BrH/c1-5-6-7-8-9-10-11-12-13-14-15-16-17-18-19-21-20(2,3)4;/h21H,5-19H2,1-4H3;1H. The van der Waals surface area contributed by atoms with Crippen LogP contribution in [-0.4, -0.2) is 12.1 Å². The second-order valence-electron chi connectivity index (χ2n) is 7.77. The molecule has 1 nitrogen and oxygen atoms in total. The third-order valence-electron chi connectivity index (χ3n) is 4.19. The van der Waals surface area contributed by atoms with Gasteiger partial charge in [0.1, 0.15) is 0 Å². The Morgan fingerprint density at radius 1 is 0.545 bits per heavy atom. The van der Waals surface area contributed by atoms with Crippen LogP contribution in [0.5, 0.6) is 0 Å². The van der Waals surface area contributed by atoms with Crippen LogP contribution in [0.4, 0.5) is 0 Å². The van der Waals surface area contributed by atoms with E-state index in [0.29, 0.717) is 0 Å². The minimum absolute atomic E-state index is 0. The van der Waals surface area contributed by atoms with Crippen LogP contribution in [-0.2, 0) is 0 Å². The molecular formula is C20H44BrN. The van der Waals surface area contributed by atoms with Crippen molar-refractivity contribution in [3.63, 3.8) is 0 Å². The number of rotatable bonds is 15. The first-order chi connectivity index (χ1) is 10.1. The van der Waals surface area contributed by atoms with Gasteiger partial charge in [0.2, 0.25) is 0 Å². The van der Waals surface area contributed by atoms with E-state index in [2.05, 4.69) is 33.0 Å². The quantitative estimate of drug-likeness (QED) is 0.292. The molecule has 136 valence electrons. The summed E-state index contributed by atoms with van der Waals surface area (Å²) in [7, 11) is 0. The van der Waals surface area contributed by atoms with E-state index in [1.165, 1.54) is 96.4 Å². The third-order valence-corrected chi connectivity index (χ3v) is 4.19. The molecule has 0 atom stereocenters. The first kappa shape index (κ1) is 24.7. The van der Waals surface area contributed by atoms with Crippen LogP contribution in [0.3, 0.4) is 0 Å². The Kier molecular flexibility index (Phi) is 20.0. The van der Waals surface area contributed by atoms with E-state index < -0.39 is 0 Å².